The van der Waals surface area contributed by atoms with Crippen molar-refractivity contribution in [2.24, 2.45) is 0 Å². The molecule has 1 heterocycles. The topological polar surface area (TPSA) is 28.4 Å². The van der Waals surface area contributed by atoms with Crippen LogP contribution in [0.15, 0.2) is 59.0 Å². The van der Waals surface area contributed by atoms with E-state index in [1.807, 2.05) is 18.2 Å². The molecule has 0 atom stereocenters. The molecule has 108 valence electrons. The summed E-state index contributed by atoms with van der Waals surface area (Å²) in [7, 11) is 4.10. The number of benzene rings is 2. The number of fused-ring (bicyclic) bond motifs is 1. The largest absolute Gasteiger partial charge is 0.460 e. The van der Waals surface area contributed by atoms with Gasteiger partial charge < -0.3 is 14.6 Å². The zero-order chi connectivity index (χ0) is 14.7. The molecule has 2 aromatic carbocycles. The highest BCUT2D eigenvalue weighted by atomic mass is 16.3. The number of hydrogen-bond acceptors (Lipinski definition) is 3. The summed E-state index contributed by atoms with van der Waals surface area (Å²) in [5, 5.41) is 4.58. The van der Waals surface area contributed by atoms with Crippen LogP contribution in [0.5, 0.6) is 0 Å². The second-order valence-electron chi connectivity index (χ2n) is 5.41. The smallest absolute Gasteiger partial charge is 0.134 e. The number of hydrogen-bond donors (Lipinski definition) is 1. The molecule has 1 N–H and O–H groups in total. The van der Waals surface area contributed by atoms with Crippen LogP contribution < -0.4 is 10.2 Å². The van der Waals surface area contributed by atoms with Gasteiger partial charge >= 0.3 is 0 Å². The summed E-state index contributed by atoms with van der Waals surface area (Å²) in [6, 6.07) is 18.8. The van der Waals surface area contributed by atoms with E-state index in [-0.39, 0.29) is 0 Å². The molecule has 0 radical (unpaired) electrons. The van der Waals surface area contributed by atoms with E-state index in [1.165, 1.54) is 11.3 Å². The van der Waals surface area contributed by atoms with Crippen LogP contribution in [0.4, 0.5) is 5.69 Å². The van der Waals surface area contributed by atoms with Crippen molar-refractivity contribution in [1.82, 2.24) is 5.32 Å². The van der Waals surface area contributed by atoms with Gasteiger partial charge in [0.05, 0.1) is 6.54 Å². The van der Waals surface area contributed by atoms with Crippen molar-refractivity contribution in [2.45, 2.75) is 13.1 Å². The summed E-state index contributed by atoms with van der Waals surface area (Å²) in [6.07, 6.45) is 0. The summed E-state index contributed by atoms with van der Waals surface area (Å²) in [5.74, 6) is 0.973. The molecule has 3 nitrogen and oxygen atoms in total. The standard InChI is InChI=1S/C18H20N2O/c1-20(2)16-9-7-14(8-10-16)12-19-13-17-11-15-5-3-4-6-18(15)21-17/h3-11,19H,12-13H2,1-2H3. The number of nitrogens with one attached hydrogen (secondary N) is 1. The van der Waals surface area contributed by atoms with Crippen LogP contribution in [0.1, 0.15) is 11.3 Å². The van der Waals surface area contributed by atoms with Gasteiger partial charge in [-0.25, -0.2) is 0 Å². The van der Waals surface area contributed by atoms with Crippen LogP contribution in [0, 0.1) is 0 Å². The Hall–Kier alpha value is -2.26. The first-order chi connectivity index (χ1) is 10.2. The quantitative estimate of drug-likeness (QED) is 0.771. The predicted molar refractivity (Wildman–Crippen MR) is 87.5 cm³/mol. The van der Waals surface area contributed by atoms with Crippen LogP contribution in [0.3, 0.4) is 0 Å². The van der Waals surface area contributed by atoms with Gasteiger partial charge in [0.25, 0.3) is 0 Å². The number of anilines is 1. The van der Waals surface area contributed by atoms with Crippen molar-refractivity contribution in [1.29, 1.82) is 0 Å². The summed E-state index contributed by atoms with van der Waals surface area (Å²) in [4.78, 5) is 2.10. The Balaban J connectivity index is 1.58. The molecule has 0 fully saturated rings. The van der Waals surface area contributed by atoms with Crippen LogP contribution in [0.2, 0.25) is 0 Å². The van der Waals surface area contributed by atoms with Crippen molar-refractivity contribution in [2.75, 3.05) is 19.0 Å². The minimum absolute atomic E-state index is 0.740. The van der Waals surface area contributed by atoms with E-state index < -0.39 is 0 Å². The molecule has 0 spiro atoms. The molecule has 0 aliphatic heterocycles. The highest BCUT2D eigenvalue weighted by Gasteiger charge is 2.02. The van der Waals surface area contributed by atoms with Crippen molar-refractivity contribution in [3.8, 4) is 0 Å². The van der Waals surface area contributed by atoms with Gasteiger partial charge in [-0.2, -0.15) is 0 Å². The van der Waals surface area contributed by atoms with Crippen LogP contribution in [0.25, 0.3) is 11.0 Å². The first-order valence-corrected chi connectivity index (χ1v) is 7.17. The van der Waals surface area contributed by atoms with Gasteiger partial charge in [0.15, 0.2) is 0 Å². The van der Waals surface area contributed by atoms with E-state index in [0.29, 0.717) is 0 Å². The van der Waals surface area contributed by atoms with Gasteiger partial charge in [-0.15, -0.1) is 0 Å². The summed E-state index contributed by atoms with van der Waals surface area (Å²) in [6.45, 7) is 1.58. The summed E-state index contributed by atoms with van der Waals surface area (Å²) < 4.78 is 5.79. The van der Waals surface area contributed by atoms with Crippen molar-refractivity contribution < 1.29 is 4.42 Å². The van der Waals surface area contributed by atoms with Crippen molar-refractivity contribution >= 4 is 16.7 Å². The molecule has 0 bridgehead atoms. The fraction of sp³-hybridized carbons (Fsp3) is 0.222. The molecule has 3 aromatic rings. The number of nitrogens with zero attached hydrogens (tertiary/aromatic N) is 1. The number of para-hydroxylation sites is 1. The van der Waals surface area contributed by atoms with Gasteiger partial charge in [0.2, 0.25) is 0 Å². The highest BCUT2D eigenvalue weighted by Crippen LogP contribution is 2.18. The van der Waals surface area contributed by atoms with Gasteiger partial charge in [0, 0.05) is 31.7 Å². The van der Waals surface area contributed by atoms with Crippen LogP contribution in [-0.4, -0.2) is 14.1 Å². The van der Waals surface area contributed by atoms with E-state index in [4.69, 9.17) is 4.42 Å². The zero-order valence-electron chi connectivity index (χ0n) is 12.5. The highest BCUT2D eigenvalue weighted by molar-refractivity contribution is 5.77. The lowest BCUT2D eigenvalue weighted by molar-refractivity contribution is 0.514. The molecular formula is C18H20N2O. The maximum absolute atomic E-state index is 5.79. The predicted octanol–water partition coefficient (Wildman–Crippen LogP) is 3.79. The Labute approximate surface area is 125 Å². The van der Waals surface area contributed by atoms with E-state index in [0.717, 1.165) is 29.8 Å². The molecule has 0 aliphatic carbocycles. The number of furan rings is 1. The maximum Gasteiger partial charge on any atom is 0.134 e. The summed E-state index contributed by atoms with van der Waals surface area (Å²) in [5.41, 5.74) is 3.44. The zero-order valence-corrected chi connectivity index (χ0v) is 12.5. The first kappa shape index (κ1) is 13.7. The molecule has 0 saturated carbocycles. The lowest BCUT2D eigenvalue weighted by Crippen LogP contribution is -2.12. The molecule has 3 heteroatoms. The Bertz CT molecular complexity index is 680. The van der Waals surface area contributed by atoms with E-state index in [1.54, 1.807) is 0 Å². The second-order valence-corrected chi connectivity index (χ2v) is 5.41. The molecule has 1 aromatic heterocycles. The Morgan fingerprint density at radius 1 is 0.952 bits per heavy atom. The molecule has 3 rings (SSSR count). The SMILES string of the molecule is CN(C)c1ccc(CNCc2cc3ccccc3o2)cc1. The Kier molecular flexibility index (Phi) is 3.93. The van der Waals surface area contributed by atoms with Crippen LogP contribution >= 0.6 is 0 Å². The Morgan fingerprint density at radius 2 is 1.71 bits per heavy atom. The average molecular weight is 280 g/mol. The third kappa shape index (κ3) is 3.26. The maximum atomic E-state index is 5.79. The minimum Gasteiger partial charge on any atom is -0.460 e. The van der Waals surface area contributed by atoms with E-state index in [9.17, 15) is 0 Å². The van der Waals surface area contributed by atoms with Crippen LogP contribution in [-0.2, 0) is 13.1 Å². The second kappa shape index (κ2) is 6.02. The normalized spacial score (nSPS) is 11.0. The van der Waals surface area contributed by atoms with Gasteiger partial charge in [-0.1, -0.05) is 30.3 Å². The molecule has 0 amide bonds. The molecule has 21 heavy (non-hydrogen) atoms. The molecule has 0 unspecified atom stereocenters. The average Bonchev–Trinajstić information content (AvgIpc) is 2.90. The Morgan fingerprint density at radius 3 is 2.43 bits per heavy atom. The third-order valence-electron chi connectivity index (χ3n) is 3.56. The monoisotopic (exact) mass is 280 g/mol. The lowest BCUT2D eigenvalue weighted by atomic mass is 10.2. The third-order valence-corrected chi connectivity index (χ3v) is 3.56. The van der Waals surface area contributed by atoms with Crippen molar-refractivity contribution in [3.05, 3.63) is 65.9 Å². The first-order valence-electron chi connectivity index (χ1n) is 7.17. The van der Waals surface area contributed by atoms with Crippen molar-refractivity contribution in [3.63, 3.8) is 0 Å². The molecule has 0 saturated heterocycles. The fourth-order valence-electron chi connectivity index (χ4n) is 2.37. The van der Waals surface area contributed by atoms with E-state index in [2.05, 4.69) is 60.7 Å². The molecule has 0 aliphatic rings. The molecular weight excluding hydrogens is 260 g/mol. The van der Waals surface area contributed by atoms with Gasteiger partial charge in [-0.3, -0.25) is 0 Å². The van der Waals surface area contributed by atoms with E-state index >= 15 is 0 Å². The minimum atomic E-state index is 0.740. The van der Waals surface area contributed by atoms with Gasteiger partial charge in [-0.05, 0) is 29.8 Å². The fourth-order valence-corrected chi connectivity index (χ4v) is 2.37. The lowest BCUT2D eigenvalue weighted by Gasteiger charge is -2.12. The van der Waals surface area contributed by atoms with Gasteiger partial charge in [0.1, 0.15) is 11.3 Å². The number of rotatable bonds is 5. The summed E-state index contributed by atoms with van der Waals surface area (Å²) >= 11 is 0.